The lowest BCUT2D eigenvalue weighted by Gasteiger charge is -2.40. The fourth-order valence-electron chi connectivity index (χ4n) is 8.74. The molecule has 9 heteroatoms. The lowest BCUT2D eigenvalue weighted by molar-refractivity contribution is -0.302. The number of carbonyl (C=O) groups excluding carboxylic acids is 1. The first-order chi connectivity index (χ1) is 33.3. The molecule has 0 radical (unpaired) electrons. The fraction of sp³-hybridized carbons (Fsp3) is 0.814. The Bertz CT molecular complexity index is 1250. The minimum Gasteiger partial charge on any atom is -0.394 e. The largest absolute Gasteiger partial charge is 0.394 e. The summed E-state index contributed by atoms with van der Waals surface area (Å²) in [5.41, 5.74) is 0. The van der Waals surface area contributed by atoms with Crippen LogP contribution in [0.3, 0.4) is 0 Å². The lowest BCUT2D eigenvalue weighted by Crippen LogP contribution is -2.60. The van der Waals surface area contributed by atoms with Gasteiger partial charge in [-0.3, -0.25) is 4.79 Å². The summed E-state index contributed by atoms with van der Waals surface area (Å²) in [7, 11) is 0. The molecule has 7 atom stereocenters. The summed E-state index contributed by atoms with van der Waals surface area (Å²) in [5, 5.41) is 54.3. The fourth-order valence-corrected chi connectivity index (χ4v) is 8.74. The van der Waals surface area contributed by atoms with E-state index in [0.29, 0.717) is 6.42 Å². The van der Waals surface area contributed by atoms with Gasteiger partial charge < -0.3 is 40.3 Å². The highest BCUT2D eigenvalue weighted by Crippen LogP contribution is 2.23. The zero-order valence-corrected chi connectivity index (χ0v) is 43.9. The number of nitrogens with one attached hydrogen (secondary N) is 1. The van der Waals surface area contributed by atoms with Crippen molar-refractivity contribution in [3.63, 3.8) is 0 Å². The molecule has 1 aliphatic heterocycles. The first-order valence-corrected chi connectivity index (χ1v) is 28.5. The van der Waals surface area contributed by atoms with Crippen LogP contribution >= 0.6 is 0 Å². The number of hydrogen-bond acceptors (Lipinski definition) is 8. The van der Waals surface area contributed by atoms with Crippen molar-refractivity contribution >= 4 is 5.91 Å². The summed E-state index contributed by atoms with van der Waals surface area (Å²) >= 11 is 0. The van der Waals surface area contributed by atoms with Crippen LogP contribution in [0.1, 0.15) is 251 Å². The van der Waals surface area contributed by atoms with E-state index in [1.54, 1.807) is 6.08 Å². The van der Waals surface area contributed by atoms with Gasteiger partial charge in [-0.05, 0) is 70.6 Å². The molecule has 0 aromatic heterocycles. The minimum atomic E-state index is -1.58. The standard InChI is InChI=1S/C59H107NO8/c1-3-5-7-9-11-13-15-17-19-20-21-22-23-24-25-26-27-28-29-30-31-32-33-34-35-36-38-40-42-44-46-48-53(62)52(51-67-59-58(66)57(65)56(64)54(50-61)68-59)60-55(63)49-47-45-43-41-39-37-18-16-14-12-10-8-6-4-2/h10,12,16,18,33-34,38,40,46,48,52-54,56-59,61-62,64-66H,3-9,11,13-15,17,19-32,35-37,39,41-45,47,49-51H2,1-2H3,(H,60,63)/b12-10-,18-16-,34-33+,40-38+,48-46+. The van der Waals surface area contributed by atoms with E-state index in [4.69, 9.17) is 9.47 Å². The predicted octanol–water partition coefficient (Wildman–Crippen LogP) is 13.9. The molecule has 1 rings (SSSR count). The number of carbonyl (C=O) groups is 1. The van der Waals surface area contributed by atoms with Crippen LogP contribution in [0.25, 0.3) is 0 Å². The Morgan fingerprint density at radius 1 is 0.500 bits per heavy atom. The third-order valence-electron chi connectivity index (χ3n) is 13.3. The van der Waals surface area contributed by atoms with Crippen molar-refractivity contribution in [2.75, 3.05) is 13.2 Å². The van der Waals surface area contributed by atoms with E-state index in [-0.39, 0.29) is 12.5 Å². The van der Waals surface area contributed by atoms with Crippen LogP contribution in [-0.4, -0.2) is 87.5 Å². The maximum Gasteiger partial charge on any atom is 0.220 e. The molecule has 1 saturated heterocycles. The molecule has 0 bridgehead atoms. The third-order valence-corrected chi connectivity index (χ3v) is 13.3. The quantitative estimate of drug-likeness (QED) is 0.0261. The molecule has 0 saturated carbocycles. The Kier molecular flexibility index (Phi) is 45.6. The molecule has 1 aliphatic rings. The van der Waals surface area contributed by atoms with Crippen molar-refractivity contribution in [2.24, 2.45) is 0 Å². The van der Waals surface area contributed by atoms with Crippen molar-refractivity contribution in [3.8, 4) is 0 Å². The Morgan fingerprint density at radius 3 is 1.37 bits per heavy atom. The summed E-state index contributed by atoms with van der Waals surface area (Å²) in [5.74, 6) is -0.206. The van der Waals surface area contributed by atoms with E-state index in [9.17, 15) is 30.3 Å². The number of aliphatic hydroxyl groups excluding tert-OH is 5. The highest BCUT2D eigenvalue weighted by Gasteiger charge is 2.44. The minimum absolute atomic E-state index is 0.206. The maximum atomic E-state index is 13.0. The van der Waals surface area contributed by atoms with Gasteiger partial charge in [0.05, 0.1) is 25.4 Å². The molecule has 9 nitrogen and oxygen atoms in total. The van der Waals surface area contributed by atoms with Crippen LogP contribution in [-0.2, 0) is 14.3 Å². The second kappa shape index (κ2) is 48.5. The molecule has 1 fully saturated rings. The van der Waals surface area contributed by atoms with Gasteiger partial charge in [-0.15, -0.1) is 0 Å². The Morgan fingerprint density at radius 2 is 0.897 bits per heavy atom. The summed E-state index contributed by atoms with van der Waals surface area (Å²) in [6, 6.07) is -0.838. The van der Waals surface area contributed by atoms with Crippen molar-refractivity contribution in [3.05, 3.63) is 60.8 Å². The van der Waals surface area contributed by atoms with Crippen molar-refractivity contribution < 1.29 is 39.8 Å². The molecule has 1 amide bonds. The number of aliphatic hydroxyl groups is 5. The van der Waals surface area contributed by atoms with E-state index in [1.807, 2.05) is 6.08 Å². The van der Waals surface area contributed by atoms with Gasteiger partial charge in [0, 0.05) is 6.42 Å². The number of ether oxygens (including phenoxy) is 2. The van der Waals surface area contributed by atoms with Crippen molar-refractivity contribution in [2.45, 2.75) is 294 Å². The average Bonchev–Trinajstić information content (AvgIpc) is 3.34. The normalized spacial score (nSPS) is 20.0. The number of rotatable bonds is 48. The van der Waals surface area contributed by atoms with E-state index < -0.39 is 49.5 Å². The molecule has 0 aromatic carbocycles. The highest BCUT2D eigenvalue weighted by molar-refractivity contribution is 5.76. The Balaban J connectivity index is 2.22. The van der Waals surface area contributed by atoms with Crippen LogP contribution < -0.4 is 5.32 Å². The number of unbranched alkanes of at least 4 members (excludes halogenated alkanes) is 30. The summed E-state index contributed by atoms with van der Waals surface area (Å²) in [6.45, 7) is 3.71. The van der Waals surface area contributed by atoms with Crippen LogP contribution in [0, 0.1) is 0 Å². The monoisotopic (exact) mass is 958 g/mol. The predicted molar refractivity (Wildman–Crippen MR) is 286 cm³/mol. The Hall–Kier alpha value is -2.11. The average molecular weight is 959 g/mol. The Labute approximate surface area is 417 Å². The summed E-state index contributed by atoms with van der Waals surface area (Å²) in [4.78, 5) is 13.0. The topological polar surface area (TPSA) is 149 Å². The van der Waals surface area contributed by atoms with Gasteiger partial charge in [-0.1, -0.05) is 235 Å². The number of amides is 1. The van der Waals surface area contributed by atoms with Gasteiger partial charge in [-0.25, -0.2) is 0 Å². The molecule has 396 valence electrons. The van der Waals surface area contributed by atoms with Gasteiger partial charge in [0.25, 0.3) is 0 Å². The summed E-state index contributed by atoms with van der Waals surface area (Å²) < 4.78 is 11.2. The molecule has 0 aliphatic carbocycles. The number of hydrogen-bond donors (Lipinski definition) is 6. The van der Waals surface area contributed by atoms with Crippen LogP contribution in [0.4, 0.5) is 0 Å². The molecule has 6 N–H and O–H groups in total. The van der Waals surface area contributed by atoms with Gasteiger partial charge in [-0.2, -0.15) is 0 Å². The van der Waals surface area contributed by atoms with Crippen molar-refractivity contribution in [1.29, 1.82) is 0 Å². The first kappa shape index (κ1) is 63.9. The van der Waals surface area contributed by atoms with Crippen molar-refractivity contribution in [1.82, 2.24) is 5.32 Å². The SMILES string of the molecule is CCCC/C=C\C/C=C\CCCCCCCC(=O)NC(COC1OC(CO)C(O)C(O)C1O)C(O)/C=C/CC/C=C/CC/C=C/CCCCCCCCCCCCCCCCCCCCCCC. The van der Waals surface area contributed by atoms with Gasteiger partial charge in [0.2, 0.25) is 5.91 Å². The van der Waals surface area contributed by atoms with E-state index in [2.05, 4.69) is 67.8 Å². The molecule has 7 unspecified atom stereocenters. The van der Waals surface area contributed by atoms with Gasteiger partial charge >= 0.3 is 0 Å². The second-order valence-electron chi connectivity index (χ2n) is 19.7. The smallest absolute Gasteiger partial charge is 0.220 e. The van der Waals surface area contributed by atoms with E-state index >= 15 is 0 Å². The van der Waals surface area contributed by atoms with Gasteiger partial charge in [0.15, 0.2) is 6.29 Å². The molecular formula is C59H107NO8. The summed E-state index contributed by atoms with van der Waals surface area (Å²) in [6.07, 6.45) is 58.8. The van der Waals surface area contributed by atoms with Crippen LogP contribution in [0.15, 0.2) is 60.8 Å². The van der Waals surface area contributed by atoms with Crippen LogP contribution in [0.2, 0.25) is 0 Å². The molecule has 0 spiro atoms. The molecule has 1 heterocycles. The number of allylic oxidation sites excluding steroid dienone is 9. The molecule has 0 aromatic rings. The zero-order chi connectivity index (χ0) is 49.4. The lowest BCUT2D eigenvalue weighted by atomic mass is 9.99. The zero-order valence-electron chi connectivity index (χ0n) is 43.9. The van der Waals surface area contributed by atoms with E-state index in [0.717, 1.165) is 77.0 Å². The third kappa shape index (κ3) is 37.7. The molecule has 68 heavy (non-hydrogen) atoms. The van der Waals surface area contributed by atoms with Crippen LogP contribution in [0.5, 0.6) is 0 Å². The highest BCUT2D eigenvalue weighted by atomic mass is 16.7. The van der Waals surface area contributed by atoms with Gasteiger partial charge in [0.1, 0.15) is 24.4 Å². The second-order valence-corrected chi connectivity index (χ2v) is 19.7. The molecular weight excluding hydrogens is 851 g/mol. The first-order valence-electron chi connectivity index (χ1n) is 28.5. The van der Waals surface area contributed by atoms with E-state index in [1.165, 1.54) is 154 Å². The maximum absolute atomic E-state index is 13.0.